The van der Waals surface area contributed by atoms with Gasteiger partial charge in [0.2, 0.25) is 0 Å². The Bertz CT molecular complexity index is 891. The number of thiazole rings is 1. The van der Waals surface area contributed by atoms with Crippen LogP contribution in [0.4, 0.5) is 0 Å². The van der Waals surface area contributed by atoms with E-state index < -0.39 is 6.10 Å². The van der Waals surface area contributed by atoms with Gasteiger partial charge in [0, 0.05) is 0 Å². The Labute approximate surface area is 152 Å². The van der Waals surface area contributed by atoms with Gasteiger partial charge in [0.05, 0.1) is 28.9 Å². The highest BCUT2D eigenvalue weighted by atomic mass is 32.1. The van der Waals surface area contributed by atoms with Crippen LogP contribution < -0.4 is 4.80 Å². The van der Waals surface area contributed by atoms with Crippen molar-refractivity contribution in [2.24, 2.45) is 4.99 Å². The van der Waals surface area contributed by atoms with Gasteiger partial charge in [-0.1, -0.05) is 73.1 Å². The summed E-state index contributed by atoms with van der Waals surface area (Å²) in [6.07, 6.45) is 5.76. The van der Waals surface area contributed by atoms with Gasteiger partial charge in [0.25, 0.3) is 0 Å². The van der Waals surface area contributed by atoms with Crippen molar-refractivity contribution in [2.45, 2.75) is 50.8 Å². The van der Waals surface area contributed by atoms with E-state index in [1.807, 2.05) is 30.3 Å². The molecule has 1 saturated carbocycles. The third kappa shape index (κ3) is 3.70. The minimum absolute atomic E-state index is 0.432. The van der Waals surface area contributed by atoms with E-state index in [-0.39, 0.29) is 0 Å². The van der Waals surface area contributed by atoms with Crippen molar-refractivity contribution < 1.29 is 5.11 Å². The lowest BCUT2D eigenvalue weighted by molar-refractivity contribution is 0.157. The molecule has 1 heterocycles. The summed E-state index contributed by atoms with van der Waals surface area (Å²) in [5, 5.41) is 10.7. The van der Waals surface area contributed by atoms with E-state index in [0.717, 1.165) is 15.9 Å². The molecule has 2 aromatic carbocycles. The van der Waals surface area contributed by atoms with E-state index in [1.54, 1.807) is 11.3 Å². The normalized spacial score (nSPS) is 17.9. The Balaban J connectivity index is 1.73. The molecule has 0 spiro atoms. The molecule has 1 aromatic heterocycles. The third-order valence-corrected chi connectivity index (χ3v) is 6.07. The number of aliphatic hydroxyl groups is 1. The quantitative estimate of drug-likeness (QED) is 0.728. The summed E-state index contributed by atoms with van der Waals surface area (Å²) in [5.41, 5.74) is 2.12. The number of hydrogen-bond donors (Lipinski definition) is 1. The van der Waals surface area contributed by atoms with Gasteiger partial charge in [-0.2, -0.15) is 0 Å². The number of para-hydroxylation sites is 1. The highest BCUT2D eigenvalue weighted by molar-refractivity contribution is 7.16. The van der Waals surface area contributed by atoms with Crippen molar-refractivity contribution in [2.75, 3.05) is 0 Å². The monoisotopic (exact) mass is 352 g/mol. The van der Waals surface area contributed by atoms with E-state index in [0.29, 0.717) is 12.6 Å². The zero-order valence-electron chi connectivity index (χ0n) is 14.3. The van der Waals surface area contributed by atoms with Gasteiger partial charge in [0.15, 0.2) is 4.80 Å². The summed E-state index contributed by atoms with van der Waals surface area (Å²) in [7, 11) is 0. The van der Waals surface area contributed by atoms with Crippen molar-refractivity contribution in [3.63, 3.8) is 0 Å². The van der Waals surface area contributed by atoms with E-state index in [1.165, 1.54) is 36.8 Å². The van der Waals surface area contributed by atoms with E-state index in [9.17, 15) is 5.11 Å². The number of fused-ring (bicyclic) bond motifs is 1. The molecule has 4 rings (SSSR count). The number of rotatable bonds is 4. The standard InChI is InChI=1S/C21H24N2OS/c24-19(16-9-3-1-4-10-16)15-23-18-13-7-8-14-20(18)25-21(23)22-17-11-5-2-6-12-17/h1,3-4,7-10,13-14,17,19,24H,2,5-6,11-12,15H2. The number of benzene rings is 2. The molecule has 1 unspecified atom stereocenters. The molecule has 0 aliphatic heterocycles. The molecule has 3 aromatic rings. The maximum Gasteiger partial charge on any atom is 0.186 e. The van der Waals surface area contributed by atoms with Gasteiger partial charge in [0.1, 0.15) is 0 Å². The van der Waals surface area contributed by atoms with Gasteiger partial charge >= 0.3 is 0 Å². The molecular weight excluding hydrogens is 328 g/mol. The first-order valence-electron chi connectivity index (χ1n) is 9.16. The maximum absolute atomic E-state index is 10.7. The maximum atomic E-state index is 10.7. The van der Waals surface area contributed by atoms with Crippen LogP contribution in [-0.2, 0) is 6.54 Å². The van der Waals surface area contributed by atoms with Crippen molar-refractivity contribution in [1.82, 2.24) is 4.57 Å². The molecule has 0 bridgehead atoms. The van der Waals surface area contributed by atoms with Crippen LogP contribution in [0.1, 0.15) is 43.8 Å². The highest BCUT2D eigenvalue weighted by Crippen LogP contribution is 2.23. The molecular formula is C21H24N2OS. The summed E-state index contributed by atoms with van der Waals surface area (Å²) in [6, 6.07) is 18.7. The second kappa shape index (κ2) is 7.54. The topological polar surface area (TPSA) is 37.5 Å². The van der Waals surface area contributed by atoms with Crippen LogP contribution in [0.5, 0.6) is 0 Å². The number of nitrogens with zero attached hydrogens (tertiary/aromatic N) is 2. The van der Waals surface area contributed by atoms with Gasteiger partial charge in [-0.25, -0.2) is 0 Å². The largest absolute Gasteiger partial charge is 0.387 e. The summed E-state index contributed by atoms with van der Waals surface area (Å²) >= 11 is 1.74. The predicted octanol–water partition coefficient (Wildman–Crippen LogP) is 4.67. The van der Waals surface area contributed by atoms with Crippen LogP contribution in [0, 0.1) is 0 Å². The fourth-order valence-corrected chi connectivity index (χ4v) is 4.73. The lowest BCUT2D eigenvalue weighted by atomic mass is 9.96. The molecule has 0 radical (unpaired) electrons. The smallest absolute Gasteiger partial charge is 0.186 e. The molecule has 0 amide bonds. The predicted molar refractivity (Wildman–Crippen MR) is 104 cm³/mol. The molecule has 4 heteroatoms. The van der Waals surface area contributed by atoms with Gasteiger partial charge < -0.3 is 9.67 Å². The molecule has 1 aliphatic carbocycles. The second-order valence-corrected chi connectivity index (χ2v) is 7.82. The first kappa shape index (κ1) is 16.6. The SMILES string of the molecule is OC(Cn1c(=NC2CCCCC2)sc2ccccc21)c1ccccc1. The van der Waals surface area contributed by atoms with Crippen LogP contribution >= 0.6 is 11.3 Å². The van der Waals surface area contributed by atoms with Gasteiger partial charge in [-0.05, 0) is 30.5 Å². The zero-order chi connectivity index (χ0) is 17.1. The van der Waals surface area contributed by atoms with E-state index >= 15 is 0 Å². The minimum Gasteiger partial charge on any atom is -0.387 e. The summed E-state index contributed by atoms with van der Waals surface area (Å²) < 4.78 is 3.43. The fraction of sp³-hybridized carbons (Fsp3) is 0.381. The van der Waals surface area contributed by atoms with Crippen LogP contribution in [0.15, 0.2) is 59.6 Å². The van der Waals surface area contributed by atoms with Crippen molar-refractivity contribution in [1.29, 1.82) is 0 Å². The Morgan fingerprint density at radius 2 is 1.72 bits per heavy atom. The Kier molecular flexibility index (Phi) is 4.99. The molecule has 1 aliphatic rings. The lowest BCUT2D eigenvalue weighted by Crippen LogP contribution is -2.22. The van der Waals surface area contributed by atoms with Crippen LogP contribution in [0.2, 0.25) is 0 Å². The van der Waals surface area contributed by atoms with Crippen LogP contribution in [0.3, 0.4) is 0 Å². The summed E-state index contributed by atoms with van der Waals surface area (Å²) in [6.45, 7) is 0.541. The van der Waals surface area contributed by atoms with Crippen molar-refractivity contribution >= 4 is 21.6 Å². The fourth-order valence-electron chi connectivity index (χ4n) is 3.62. The van der Waals surface area contributed by atoms with E-state index in [2.05, 4.69) is 28.8 Å². The molecule has 1 atom stereocenters. The van der Waals surface area contributed by atoms with Crippen molar-refractivity contribution in [3.8, 4) is 0 Å². The van der Waals surface area contributed by atoms with Gasteiger partial charge in [-0.15, -0.1) is 0 Å². The van der Waals surface area contributed by atoms with Gasteiger partial charge in [-0.3, -0.25) is 4.99 Å². The molecule has 1 N–H and O–H groups in total. The molecule has 130 valence electrons. The molecule has 1 fully saturated rings. The molecule has 3 nitrogen and oxygen atoms in total. The Morgan fingerprint density at radius 3 is 2.52 bits per heavy atom. The summed E-state index contributed by atoms with van der Waals surface area (Å²) in [4.78, 5) is 6.12. The molecule has 25 heavy (non-hydrogen) atoms. The lowest BCUT2D eigenvalue weighted by Gasteiger charge is -2.18. The summed E-state index contributed by atoms with van der Waals surface area (Å²) in [5.74, 6) is 0. The second-order valence-electron chi connectivity index (χ2n) is 6.81. The molecule has 0 saturated heterocycles. The zero-order valence-corrected chi connectivity index (χ0v) is 15.2. The number of aromatic nitrogens is 1. The average molecular weight is 353 g/mol. The number of aliphatic hydroxyl groups excluding tert-OH is 1. The first-order valence-corrected chi connectivity index (χ1v) is 9.98. The minimum atomic E-state index is -0.524. The van der Waals surface area contributed by atoms with Crippen LogP contribution in [0.25, 0.3) is 10.2 Å². The van der Waals surface area contributed by atoms with Crippen molar-refractivity contribution in [3.05, 3.63) is 65.0 Å². The third-order valence-electron chi connectivity index (χ3n) is 5.00. The van der Waals surface area contributed by atoms with E-state index in [4.69, 9.17) is 4.99 Å². The Hall–Kier alpha value is -1.91. The number of hydrogen-bond acceptors (Lipinski definition) is 3. The average Bonchev–Trinajstić information content (AvgIpc) is 3.00. The van der Waals surface area contributed by atoms with Crippen LogP contribution in [-0.4, -0.2) is 15.7 Å². The Morgan fingerprint density at radius 1 is 1.00 bits per heavy atom. The highest BCUT2D eigenvalue weighted by Gasteiger charge is 2.15. The first-order chi connectivity index (χ1) is 12.3.